The molecular weight excluding hydrogens is 409 g/mol. The number of hydrogen-bond acceptors (Lipinski definition) is 3. The number of ether oxygens (including phenoxy) is 1. The number of carbonyl (C=O) groups excluding carboxylic acids is 1. The van der Waals surface area contributed by atoms with Gasteiger partial charge < -0.3 is 14.7 Å². The second kappa shape index (κ2) is 8.96. The summed E-state index contributed by atoms with van der Waals surface area (Å²) in [6.45, 7) is 12.3. The molecule has 0 aromatic heterocycles. The molecule has 30 heavy (non-hydrogen) atoms. The second-order valence-corrected chi connectivity index (χ2v) is 10.0. The van der Waals surface area contributed by atoms with Crippen LogP contribution in [0.2, 0.25) is 5.02 Å². The summed E-state index contributed by atoms with van der Waals surface area (Å²) in [5, 5.41) is 9.11. The number of amides is 1. The Labute approximate surface area is 182 Å². The smallest absolute Gasteiger partial charge is 0.305 e. The van der Waals surface area contributed by atoms with Crippen molar-refractivity contribution in [3.8, 4) is 5.75 Å². The van der Waals surface area contributed by atoms with Crippen molar-refractivity contribution in [2.45, 2.75) is 59.8 Å². The summed E-state index contributed by atoms with van der Waals surface area (Å²) in [6, 6.07) is 3.05. The molecule has 1 aromatic carbocycles. The molecule has 0 fully saturated rings. The highest BCUT2D eigenvalue weighted by atomic mass is 35.5. The van der Waals surface area contributed by atoms with Gasteiger partial charge in [0.15, 0.2) is 11.6 Å². The highest BCUT2D eigenvalue weighted by Crippen LogP contribution is 2.45. The first-order chi connectivity index (χ1) is 13.7. The van der Waals surface area contributed by atoms with Crippen LogP contribution in [0.25, 0.3) is 0 Å². The fourth-order valence-corrected chi connectivity index (χ4v) is 3.92. The maximum absolute atomic E-state index is 14.9. The van der Waals surface area contributed by atoms with Crippen LogP contribution in [0.15, 0.2) is 23.9 Å². The minimum absolute atomic E-state index is 0.0132. The summed E-state index contributed by atoms with van der Waals surface area (Å²) in [5.74, 6) is -1.65. The van der Waals surface area contributed by atoms with Crippen LogP contribution in [0.3, 0.4) is 0 Å². The van der Waals surface area contributed by atoms with Crippen molar-refractivity contribution in [3.63, 3.8) is 0 Å². The monoisotopic (exact) mass is 439 g/mol. The van der Waals surface area contributed by atoms with Crippen LogP contribution >= 0.6 is 11.6 Å². The number of aliphatic carboxylic acids is 1. The summed E-state index contributed by atoms with van der Waals surface area (Å²) in [6.07, 6.45) is 1.69. The average molecular weight is 440 g/mol. The molecule has 0 aliphatic carbocycles. The SMILES string of the molecule is CC(C)C1=CN(CCC(=O)O)C(=O)C[C@@]1(C)c1cc(F)c(OCC(C)(C)C)c(Cl)c1. The minimum Gasteiger partial charge on any atom is -0.488 e. The number of allylic oxidation sites excluding steroid dienone is 1. The van der Waals surface area contributed by atoms with Crippen molar-refractivity contribution in [3.05, 3.63) is 40.3 Å². The van der Waals surface area contributed by atoms with Crippen LogP contribution in [0.4, 0.5) is 4.39 Å². The van der Waals surface area contributed by atoms with Crippen LogP contribution in [-0.2, 0) is 15.0 Å². The topological polar surface area (TPSA) is 66.8 Å². The molecule has 7 heteroatoms. The predicted molar refractivity (Wildman–Crippen MR) is 115 cm³/mol. The average Bonchev–Trinajstić information content (AvgIpc) is 2.58. The molecule has 0 spiro atoms. The highest BCUT2D eigenvalue weighted by molar-refractivity contribution is 6.32. The van der Waals surface area contributed by atoms with Crippen molar-refractivity contribution >= 4 is 23.5 Å². The Balaban J connectivity index is 2.44. The standard InChI is InChI=1S/C23H31ClFNO4/c1-14(2)16-12-26(8-7-20(28)29)19(27)11-23(16,6)15-9-17(24)21(18(25)10-15)30-13-22(3,4)5/h9-10,12,14H,7-8,11,13H2,1-6H3,(H,28,29)/t23-/m0/s1. The van der Waals surface area contributed by atoms with Gasteiger partial charge >= 0.3 is 5.97 Å². The molecule has 166 valence electrons. The lowest BCUT2D eigenvalue weighted by Crippen LogP contribution is -2.42. The third-order valence-electron chi connectivity index (χ3n) is 5.23. The normalized spacial score (nSPS) is 19.8. The van der Waals surface area contributed by atoms with Crippen molar-refractivity contribution in [1.82, 2.24) is 4.90 Å². The predicted octanol–water partition coefficient (Wildman–Crippen LogP) is 5.41. The van der Waals surface area contributed by atoms with Crippen LogP contribution in [0.1, 0.15) is 59.9 Å². The number of hydrogen-bond donors (Lipinski definition) is 1. The Morgan fingerprint density at radius 1 is 1.37 bits per heavy atom. The van der Waals surface area contributed by atoms with Gasteiger partial charge in [-0.25, -0.2) is 4.39 Å². The van der Waals surface area contributed by atoms with Gasteiger partial charge in [0, 0.05) is 24.6 Å². The van der Waals surface area contributed by atoms with Gasteiger partial charge in [-0.1, -0.05) is 53.1 Å². The number of carboxylic acids is 1. The van der Waals surface area contributed by atoms with E-state index in [9.17, 15) is 14.0 Å². The number of carbonyl (C=O) groups is 2. The zero-order valence-electron chi connectivity index (χ0n) is 18.5. The third-order valence-corrected chi connectivity index (χ3v) is 5.51. The molecule has 0 saturated carbocycles. The number of benzene rings is 1. The highest BCUT2D eigenvalue weighted by Gasteiger charge is 2.41. The fourth-order valence-electron chi connectivity index (χ4n) is 3.65. The molecule has 1 aliphatic rings. The summed E-state index contributed by atoms with van der Waals surface area (Å²) in [5.41, 5.74) is 0.617. The number of carboxylic acid groups (broad SMARTS) is 1. The molecule has 1 amide bonds. The Kier molecular flexibility index (Phi) is 7.23. The Morgan fingerprint density at radius 3 is 2.50 bits per heavy atom. The van der Waals surface area contributed by atoms with Gasteiger partial charge in [-0.05, 0) is 34.6 Å². The molecule has 1 N–H and O–H groups in total. The molecular formula is C23H31ClFNO4. The number of rotatable bonds is 7. The summed E-state index contributed by atoms with van der Waals surface area (Å²) >= 11 is 6.38. The van der Waals surface area contributed by atoms with E-state index in [1.54, 1.807) is 12.3 Å². The van der Waals surface area contributed by atoms with Crippen LogP contribution < -0.4 is 4.74 Å². The maximum Gasteiger partial charge on any atom is 0.305 e. The lowest BCUT2D eigenvalue weighted by molar-refractivity contribution is -0.138. The Morgan fingerprint density at radius 2 is 2.00 bits per heavy atom. The van der Waals surface area contributed by atoms with Gasteiger partial charge in [0.2, 0.25) is 5.91 Å². The van der Waals surface area contributed by atoms with E-state index in [1.807, 2.05) is 41.5 Å². The van der Waals surface area contributed by atoms with Crippen molar-refractivity contribution in [2.24, 2.45) is 11.3 Å². The molecule has 2 rings (SSSR count). The molecule has 0 saturated heterocycles. The molecule has 1 heterocycles. The first-order valence-electron chi connectivity index (χ1n) is 10.1. The third kappa shape index (κ3) is 5.54. The van der Waals surface area contributed by atoms with Gasteiger partial charge in [0.1, 0.15) is 0 Å². The zero-order valence-corrected chi connectivity index (χ0v) is 19.3. The molecule has 1 atom stereocenters. The quantitative estimate of drug-likeness (QED) is 0.616. The van der Waals surface area contributed by atoms with Crippen molar-refractivity contribution in [1.29, 1.82) is 0 Å². The molecule has 1 aliphatic heterocycles. The second-order valence-electron chi connectivity index (χ2n) is 9.60. The molecule has 0 bridgehead atoms. The van der Waals surface area contributed by atoms with Crippen LogP contribution in [0.5, 0.6) is 5.75 Å². The lowest BCUT2D eigenvalue weighted by atomic mass is 9.68. The molecule has 1 aromatic rings. The van der Waals surface area contributed by atoms with E-state index in [1.165, 1.54) is 11.0 Å². The lowest BCUT2D eigenvalue weighted by Gasteiger charge is -2.41. The zero-order chi connectivity index (χ0) is 22.9. The minimum atomic E-state index is -0.963. The van der Waals surface area contributed by atoms with E-state index in [-0.39, 0.29) is 47.4 Å². The van der Waals surface area contributed by atoms with Gasteiger partial charge in [-0.3, -0.25) is 9.59 Å². The molecule has 0 radical (unpaired) electrons. The number of halogens is 2. The largest absolute Gasteiger partial charge is 0.488 e. The molecule has 0 unspecified atom stereocenters. The Hall–Kier alpha value is -2.08. The van der Waals surface area contributed by atoms with E-state index in [0.29, 0.717) is 12.2 Å². The van der Waals surface area contributed by atoms with Crippen molar-refractivity contribution in [2.75, 3.05) is 13.2 Å². The van der Waals surface area contributed by atoms with E-state index < -0.39 is 17.2 Å². The fraction of sp³-hybridized carbons (Fsp3) is 0.565. The van der Waals surface area contributed by atoms with Gasteiger partial charge in [-0.2, -0.15) is 0 Å². The maximum atomic E-state index is 14.9. The van der Waals surface area contributed by atoms with Gasteiger partial charge in [0.05, 0.1) is 18.1 Å². The first kappa shape index (κ1) is 24.2. The summed E-state index contributed by atoms with van der Waals surface area (Å²) < 4.78 is 20.6. The van der Waals surface area contributed by atoms with Gasteiger partial charge in [-0.15, -0.1) is 0 Å². The van der Waals surface area contributed by atoms with E-state index in [0.717, 1.165) is 5.57 Å². The van der Waals surface area contributed by atoms with E-state index >= 15 is 0 Å². The van der Waals surface area contributed by atoms with Crippen molar-refractivity contribution < 1.29 is 23.8 Å². The van der Waals surface area contributed by atoms with Crippen LogP contribution in [0, 0.1) is 17.2 Å². The first-order valence-corrected chi connectivity index (χ1v) is 10.5. The molecule has 5 nitrogen and oxygen atoms in total. The summed E-state index contributed by atoms with van der Waals surface area (Å²) in [4.78, 5) is 25.1. The van der Waals surface area contributed by atoms with E-state index in [2.05, 4.69) is 0 Å². The van der Waals surface area contributed by atoms with E-state index in [4.69, 9.17) is 21.4 Å². The van der Waals surface area contributed by atoms with Gasteiger partial charge in [0.25, 0.3) is 0 Å². The summed E-state index contributed by atoms with van der Waals surface area (Å²) in [7, 11) is 0. The van der Waals surface area contributed by atoms with Crippen LogP contribution in [-0.4, -0.2) is 35.0 Å². The Bertz CT molecular complexity index is 836. The number of nitrogens with zero attached hydrogens (tertiary/aromatic N) is 1.